The number of benzene rings is 2. The van der Waals surface area contributed by atoms with Crippen LogP contribution < -0.4 is 0 Å². The van der Waals surface area contributed by atoms with E-state index in [-0.39, 0.29) is 24.4 Å². The molecule has 0 fully saturated rings. The van der Waals surface area contributed by atoms with Crippen LogP contribution in [0.3, 0.4) is 0 Å². The van der Waals surface area contributed by atoms with Crippen LogP contribution in [0.25, 0.3) is 10.9 Å². The number of H-pyrrole nitrogens is 1. The van der Waals surface area contributed by atoms with Crippen molar-refractivity contribution in [3.63, 3.8) is 0 Å². The first-order chi connectivity index (χ1) is 11.2. The number of nitrogens with one attached hydrogen (secondary N) is 1. The smallest absolute Gasteiger partial charge is 0.165 e. The van der Waals surface area contributed by atoms with Crippen molar-refractivity contribution in [1.82, 2.24) is 4.98 Å². The van der Waals surface area contributed by atoms with Crippen LogP contribution in [0.15, 0.2) is 54.7 Å². The highest BCUT2D eigenvalue weighted by molar-refractivity contribution is 6.09. The Balaban J connectivity index is 1.73. The van der Waals surface area contributed by atoms with Crippen LogP contribution in [0.1, 0.15) is 46.0 Å². The highest BCUT2D eigenvalue weighted by atomic mass is 16.1. The summed E-state index contributed by atoms with van der Waals surface area (Å²) in [5.41, 5.74) is 3.38. The lowest BCUT2D eigenvalue weighted by molar-refractivity contribution is 0.0918. The number of rotatable bonds is 6. The van der Waals surface area contributed by atoms with Crippen molar-refractivity contribution in [2.75, 3.05) is 0 Å². The predicted molar refractivity (Wildman–Crippen MR) is 92.0 cm³/mol. The first-order valence-electron chi connectivity index (χ1n) is 7.91. The molecule has 2 aromatic carbocycles. The van der Waals surface area contributed by atoms with Crippen LogP contribution in [-0.4, -0.2) is 16.6 Å². The lowest BCUT2D eigenvalue weighted by Crippen LogP contribution is -2.07. The second-order valence-corrected chi connectivity index (χ2v) is 5.60. The molecule has 0 radical (unpaired) electrons. The molecular formula is C20H19NO2. The number of para-hydroxylation sites is 1. The van der Waals surface area contributed by atoms with Gasteiger partial charge < -0.3 is 4.98 Å². The van der Waals surface area contributed by atoms with E-state index in [4.69, 9.17) is 0 Å². The molecule has 3 rings (SSSR count). The Morgan fingerprint density at radius 2 is 1.52 bits per heavy atom. The largest absolute Gasteiger partial charge is 0.360 e. The number of aromatic amines is 1. The second-order valence-electron chi connectivity index (χ2n) is 5.60. The topological polar surface area (TPSA) is 49.9 Å². The van der Waals surface area contributed by atoms with E-state index in [9.17, 15) is 9.59 Å². The van der Waals surface area contributed by atoms with Crippen molar-refractivity contribution in [1.29, 1.82) is 0 Å². The normalized spacial score (nSPS) is 10.8. The van der Waals surface area contributed by atoms with Crippen LogP contribution in [0.5, 0.6) is 0 Å². The first-order valence-corrected chi connectivity index (χ1v) is 7.91. The summed E-state index contributed by atoms with van der Waals surface area (Å²) in [6.45, 7) is 2.03. The van der Waals surface area contributed by atoms with Crippen LogP contribution in [0.4, 0.5) is 0 Å². The van der Waals surface area contributed by atoms with Crippen molar-refractivity contribution in [2.24, 2.45) is 0 Å². The molecule has 0 saturated carbocycles. The zero-order valence-corrected chi connectivity index (χ0v) is 13.1. The second kappa shape index (κ2) is 6.61. The summed E-state index contributed by atoms with van der Waals surface area (Å²) in [4.78, 5) is 27.9. The Hall–Kier alpha value is -2.68. The van der Waals surface area contributed by atoms with E-state index in [1.165, 1.54) is 0 Å². The van der Waals surface area contributed by atoms with Crippen LogP contribution in [-0.2, 0) is 6.42 Å². The predicted octanol–water partition coefficient (Wildman–Crippen LogP) is 4.58. The van der Waals surface area contributed by atoms with Crippen LogP contribution >= 0.6 is 0 Å². The van der Waals surface area contributed by atoms with Gasteiger partial charge in [-0.25, -0.2) is 0 Å². The summed E-state index contributed by atoms with van der Waals surface area (Å²) in [5.74, 6) is 0.0421. The third kappa shape index (κ3) is 3.09. The van der Waals surface area contributed by atoms with E-state index >= 15 is 0 Å². The monoisotopic (exact) mass is 305 g/mol. The number of carbonyl (C=O) groups excluding carboxylic acids is 2. The summed E-state index contributed by atoms with van der Waals surface area (Å²) < 4.78 is 0. The average Bonchev–Trinajstić information content (AvgIpc) is 3.03. The van der Waals surface area contributed by atoms with Crippen LogP contribution in [0, 0.1) is 0 Å². The lowest BCUT2D eigenvalue weighted by atomic mass is 9.97. The zero-order valence-electron chi connectivity index (χ0n) is 13.1. The molecule has 0 aliphatic carbocycles. The van der Waals surface area contributed by atoms with E-state index < -0.39 is 0 Å². The fourth-order valence-corrected chi connectivity index (χ4v) is 2.90. The van der Waals surface area contributed by atoms with Crippen molar-refractivity contribution < 1.29 is 9.59 Å². The van der Waals surface area contributed by atoms with Gasteiger partial charge in [-0.05, 0) is 18.1 Å². The Bertz CT molecular complexity index is 861. The number of hydrogen-bond donors (Lipinski definition) is 1. The van der Waals surface area contributed by atoms with Crippen LogP contribution in [0.2, 0.25) is 0 Å². The first kappa shape index (κ1) is 15.2. The molecule has 0 aliphatic heterocycles. The van der Waals surface area contributed by atoms with Crippen molar-refractivity contribution in [3.8, 4) is 0 Å². The van der Waals surface area contributed by atoms with Gasteiger partial charge in [0.05, 0.1) is 0 Å². The van der Waals surface area contributed by atoms with Gasteiger partial charge in [0.15, 0.2) is 11.6 Å². The van der Waals surface area contributed by atoms with E-state index in [1.807, 2.05) is 55.5 Å². The third-order valence-corrected chi connectivity index (χ3v) is 4.17. The van der Waals surface area contributed by atoms with Gasteiger partial charge in [0, 0.05) is 41.1 Å². The molecule has 116 valence electrons. The maximum atomic E-state index is 12.4. The lowest BCUT2D eigenvalue weighted by Gasteiger charge is -2.06. The number of aromatic nitrogens is 1. The van der Waals surface area contributed by atoms with Gasteiger partial charge in [-0.15, -0.1) is 0 Å². The molecule has 0 atom stereocenters. The maximum absolute atomic E-state index is 12.4. The summed E-state index contributed by atoms with van der Waals surface area (Å²) in [6.07, 6.45) is 3.03. The minimum atomic E-state index is 0.00443. The summed E-state index contributed by atoms with van der Waals surface area (Å²) in [5, 5.41) is 0.916. The Labute approximate surface area is 135 Å². The van der Waals surface area contributed by atoms with Gasteiger partial charge in [-0.2, -0.15) is 0 Å². The molecule has 3 aromatic rings. The van der Waals surface area contributed by atoms with Crippen molar-refractivity contribution in [3.05, 3.63) is 71.4 Å². The van der Waals surface area contributed by atoms with Crippen molar-refractivity contribution in [2.45, 2.75) is 26.2 Å². The Morgan fingerprint density at radius 1 is 0.870 bits per heavy atom. The molecule has 1 heterocycles. The number of carbonyl (C=O) groups is 2. The minimum Gasteiger partial charge on any atom is -0.360 e. The molecule has 0 amide bonds. The number of ketones is 2. The molecule has 1 N–H and O–H groups in total. The summed E-state index contributed by atoms with van der Waals surface area (Å²) >= 11 is 0. The molecule has 3 heteroatoms. The number of fused-ring (bicyclic) bond motifs is 1. The summed E-state index contributed by atoms with van der Waals surface area (Å²) in [6, 6.07) is 15.3. The van der Waals surface area contributed by atoms with E-state index in [1.54, 1.807) is 6.20 Å². The molecule has 23 heavy (non-hydrogen) atoms. The molecule has 1 aromatic heterocycles. The van der Waals surface area contributed by atoms with E-state index in [0.717, 1.165) is 28.5 Å². The fraction of sp³-hybridized carbons (Fsp3) is 0.200. The standard InChI is InChI=1S/C20H19NO2/c1-2-14-7-3-4-8-15(14)19(22)11-12-20(23)17-13-21-18-10-6-5-9-16(17)18/h3-10,13,21H,2,11-12H2,1H3. The number of hydrogen-bond acceptors (Lipinski definition) is 2. The molecule has 3 nitrogen and oxygen atoms in total. The molecule has 0 aliphatic rings. The summed E-state index contributed by atoms with van der Waals surface area (Å²) in [7, 11) is 0. The highest BCUT2D eigenvalue weighted by Gasteiger charge is 2.15. The quantitative estimate of drug-likeness (QED) is 0.678. The highest BCUT2D eigenvalue weighted by Crippen LogP contribution is 2.20. The minimum absolute atomic E-state index is 0.00443. The molecule has 0 saturated heterocycles. The molecule has 0 unspecified atom stereocenters. The Kier molecular flexibility index (Phi) is 4.38. The van der Waals surface area contributed by atoms with Gasteiger partial charge in [0.25, 0.3) is 0 Å². The molecule has 0 spiro atoms. The SMILES string of the molecule is CCc1ccccc1C(=O)CCC(=O)c1c[nH]c2ccccc12. The fourth-order valence-electron chi connectivity index (χ4n) is 2.90. The number of aryl methyl sites for hydroxylation is 1. The van der Waals surface area contributed by atoms with Gasteiger partial charge in [0.2, 0.25) is 0 Å². The third-order valence-electron chi connectivity index (χ3n) is 4.17. The van der Waals surface area contributed by atoms with E-state index in [2.05, 4.69) is 4.98 Å². The Morgan fingerprint density at radius 3 is 2.30 bits per heavy atom. The molecular weight excluding hydrogens is 286 g/mol. The van der Waals surface area contributed by atoms with Gasteiger partial charge >= 0.3 is 0 Å². The number of Topliss-reactive ketones (excluding diaryl/α,β-unsaturated/α-hetero) is 2. The zero-order chi connectivity index (χ0) is 16.2. The van der Waals surface area contributed by atoms with Gasteiger partial charge in [0.1, 0.15) is 0 Å². The maximum Gasteiger partial charge on any atom is 0.165 e. The van der Waals surface area contributed by atoms with Crippen molar-refractivity contribution >= 4 is 22.5 Å². The van der Waals surface area contributed by atoms with Gasteiger partial charge in [-0.1, -0.05) is 49.4 Å². The van der Waals surface area contributed by atoms with Gasteiger partial charge in [-0.3, -0.25) is 9.59 Å². The van der Waals surface area contributed by atoms with E-state index in [0.29, 0.717) is 5.56 Å². The molecule has 0 bridgehead atoms. The average molecular weight is 305 g/mol.